The zero-order valence-electron chi connectivity index (χ0n) is 14.4. The van der Waals surface area contributed by atoms with Crippen molar-refractivity contribution in [3.05, 3.63) is 56.2 Å². The van der Waals surface area contributed by atoms with Crippen LogP contribution in [0.1, 0.15) is 18.1 Å². The van der Waals surface area contributed by atoms with Crippen LogP contribution in [-0.4, -0.2) is 36.9 Å². The summed E-state index contributed by atoms with van der Waals surface area (Å²) in [7, 11) is 1.56. The summed E-state index contributed by atoms with van der Waals surface area (Å²) >= 11 is 0. The van der Waals surface area contributed by atoms with Crippen LogP contribution in [0.5, 0.6) is 0 Å². The van der Waals surface area contributed by atoms with E-state index in [0.717, 1.165) is 11.1 Å². The highest BCUT2D eigenvalue weighted by Gasteiger charge is 2.17. The number of imidazole rings is 1. The Morgan fingerprint density at radius 2 is 1.96 bits per heavy atom. The van der Waals surface area contributed by atoms with Crippen LogP contribution in [0, 0.1) is 6.92 Å². The SMILES string of the molecule is Cc1ccc(Cn2c(NC[C@H](C)O)nc3c2c(=O)[nH]c(=O)n3C)cc1. The van der Waals surface area contributed by atoms with Gasteiger partial charge in [-0.25, -0.2) is 4.79 Å². The Morgan fingerprint density at radius 3 is 2.60 bits per heavy atom. The van der Waals surface area contributed by atoms with E-state index in [0.29, 0.717) is 23.7 Å². The molecule has 3 N–H and O–H groups in total. The van der Waals surface area contributed by atoms with Crippen LogP contribution in [0.15, 0.2) is 33.9 Å². The molecule has 2 heterocycles. The molecule has 0 radical (unpaired) electrons. The second-order valence-corrected chi connectivity index (χ2v) is 6.23. The Kier molecular flexibility index (Phi) is 4.45. The Balaban J connectivity index is 2.16. The molecule has 0 bridgehead atoms. The summed E-state index contributed by atoms with van der Waals surface area (Å²) < 4.78 is 3.02. The molecule has 8 nitrogen and oxygen atoms in total. The predicted octanol–water partition coefficient (Wildman–Crippen LogP) is 0.573. The first-order valence-corrected chi connectivity index (χ1v) is 8.04. The average Bonchev–Trinajstić information content (AvgIpc) is 2.92. The summed E-state index contributed by atoms with van der Waals surface area (Å²) in [6, 6.07) is 7.96. The highest BCUT2D eigenvalue weighted by atomic mass is 16.3. The molecule has 1 aromatic carbocycles. The van der Waals surface area contributed by atoms with Gasteiger partial charge in [0, 0.05) is 13.6 Å². The number of aryl methyl sites for hydroxylation is 2. The first kappa shape index (κ1) is 17.0. The molecule has 0 fully saturated rings. The number of aliphatic hydroxyl groups is 1. The lowest BCUT2D eigenvalue weighted by Gasteiger charge is -2.11. The minimum atomic E-state index is -0.574. The van der Waals surface area contributed by atoms with E-state index < -0.39 is 17.4 Å². The number of rotatable bonds is 5. The zero-order chi connectivity index (χ0) is 18.1. The summed E-state index contributed by atoms with van der Waals surface area (Å²) in [5, 5.41) is 12.6. The molecule has 132 valence electrons. The Morgan fingerprint density at radius 1 is 1.28 bits per heavy atom. The maximum atomic E-state index is 12.4. The average molecular weight is 343 g/mol. The third kappa shape index (κ3) is 3.34. The first-order valence-electron chi connectivity index (χ1n) is 8.04. The lowest BCUT2D eigenvalue weighted by molar-refractivity contribution is 0.208. The second kappa shape index (κ2) is 6.56. The van der Waals surface area contributed by atoms with Crippen LogP contribution in [0.3, 0.4) is 0 Å². The van der Waals surface area contributed by atoms with Gasteiger partial charge in [0.15, 0.2) is 11.2 Å². The number of H-pyrrole nitrogens is 1. The maximum Gasteiger partial charge on any atom is 0.329 e. The molecule has 1 atom stereocenters. The van der Waals surface area contributed by atoms with Gasteiger partial charge >= 0.3 is 5.69 Å². The highest BCUT2D eigenvalue weighted by Crippen LogP contribution is 2.18. The van der Waals surface area contributed by atoms with Crippen LogP contribution in [-0.2, 0) is 13.6 Å². The molecular weight excluding hydrogens is 322 g/mol. The molecule has 0 unspecified atom stereocenters. The molecule has 25 heavy (non-hydrogen) atoms. The fraction of sp³-hybridized carbons (Fsp3) is 0.353. The van der Waals surface area contributed by atoms with Crippen molar-refractivity contribution in [2.24, 2.45) is 7.05 Å². The number of anilines is 1. The van der Waals surface area contributed by atoms with Crippen LogP contribution < -0.4 is 16.6 Å². The first-order chi connectivity index (χ1) is 11.9. The Labute approximate surface area is 143 Å². The summed E-state index contributed by atoms with van der Waals surface area (Å²) in [6.07, 6.45) is -0.574. The minimum Gasteiger partial charge on any atom is -0.392 e. The molecule has 3 aromatic rings. The van der Waals surface area contributed by atoms with Gasteiger partial charge in [-0.05, 0) is 19.4 Å². The van der Waals surface area contributed by atoms with E-state index in [-0.39, 0.29) is 6.54 Å². The highest BCUT2D eigenvalue weighted by molar-refractivity contribution is 5.74. The van der Waals surface area contributed by atoms with Crippen molar-refractivity contribution in [2.45, 2.75) is 26.5 Å². The number of aromatic amines is 1. The van der Waals surface area contributed by atoms with Crippen LogP contribution in [0.25, 0.3) is 11.2 Å². The van der Waals surface area contributed by atoms with Crippen LogP contribution in [0.2, 0.25) is 0 Å². The van der Waals surface area contributed by atoms with Crippen molar-refractivity contribution in [1.29, 1.82) is 0 Å². The number of aliphatic hydroxyl groups excluding tert-OH is 1. The topological polar surface area (TPSA) is 105 Å². The Hall–Kier alpha value is -2.87. The van der Waals surface area contributed by atoms with Gasteiger partial charge in [0.05, 0.1) is 12.6 Å². The summed E-state index contributed by atoms with van der Waals surface area (Å²) in [5.41, 5.74) is 1.76. The van der Waals surface area contributed by atoms with E-state index in [9.17, 15) is 14.7 Å². The quantitative estimate of drug-likeness (QED) is 0.628. The zero-order valence-corrected chi connectivity index (χ0v) is 14.4. The lowest BCUT2D eigenvalue weighted by atomic mass is 10.1. The van der Waals surface area contributed by atoms with Crippen LogP contribution >= 0.6 is 0 Å². The van der Waals surface area contributed by atoms with Gasteiger partial charge in [-0.1, -0.05) is 29.8 Å². The van der Waals surface area contributed by atoms with Crippen molar-refractivity contribution in [2.75, 3.05) is 11.9 Å². The number of hydrogen-bond donors (Lipinski definition) is 3. The van der Waals surface area contributed by atoms with E-state index in [1.807, 2.05) is 31.2 Å². The van der Waals surface area contributed by atoms with E-state index in [1.165, 1.54) is 4.57 Å². The second-order valence-electron chi connectivity index (χ2n) is 6.23. The third-order valence-corrected chi connectivity index (χ3v) is 4.02. The smallest absolute Gasteiger partial charge is 0.329 e. The molecule has 3 rings (SSSR count). The normalized spacial score (nSPS) is 12.5. The fourth-order valence-corrected chi connectivity index (χ4v) is 2.64. The minimum absolute atomic E-state index is 0.281. The molecule has 0 aliphatic rings. The van der Waals surface area contributed by atoms with Crippen LogP contribution in [0.4, 0.5) is 5.95 Å². The summed E-state index contributed by atoms with van der Waals surface area (Å²) in [4.78, 5) is 30.9. The molecule has 0 saturated carbocycles. The number of fused-ring (bicyclic) bond motifs is 1. The molecule has 0 spiro atoms. The van der Waals surface area contributed by atoms with Gasteiger partial charge in [0.2, 0.25) is 5.95 Å². The predicted molar refractivity (Wildman–Crippen MR) is 96.0 cm³/mol. The van der Waals surface area contributed by atoms with Crippen molar-refractivity contribution >= 4 is 17.1 Å². The van der Waals surface area contributed by atoms with Gasteiger partial charge in [-0.2, -0.15) is 4.98 Å². The lowest BCUT2D eigenvalue weighted by Crippen LogP contribution is -2.29. The number of hydrogen-bond acceptors (Lipinski definition) is 5. The monoisotopic (exact) mass is 343 g/mol. The molecule has 0 aliphatic heterocycles. The summed E-state index contributed by atoms with van der Waals surface area (Å²) in [6.45, 7) is 4.36. The standard InChI is InChI=1S/C17H21N5O3/c1-10-4-6-12(7-5-10)9-22-13-14(19-16(22)18-8-11(2)23)21(3)17(25)20-15(13)24/h4-7,11,23H,8-9H2,1-3H3,(H,18,19)(H,20,24,25)/t11-/m0/s1. The number of nitrogens with zero attached hydrogens (tertiary/aromatic N) is 3. The van der Waals surface area contributed by atoms with E-state index in [4.69, 9.17) is 0 Å². The van der Waals surface area contributed by atoms with Crippen molar-refractivity contribution in [3.63, 3.8) is 0 Å². The molecular formula is C17H21N5O3. The maximum absolute atomic E-state index is 12.4. The number of aromatic nitrogens is 4. The van der Waals surface area contributed by atoms with Crippen molar-refractivity contribution < 1.29 is 5.11 Å². The third-order valence-electron chi connectivity index (χ3n) is 4.02. The Bertz CT molecular complexity index is 1010. The van der Waals surface area contributed by atoms with E-state index in [2.05, 4.69) is 15.3 Å². The number of benzene rings is 1. The van der Waals surface area contributed by atoms with Gasteiger partial charge in [0.1, 0.15) is 0 Å². The van der Waals surface area contributed by atoms with Gasteiger partial charge < -0.3 is 10.4 Å². The largest absolute Gasteiger partial charge is 0.392 e. The molecule has 0 saturated heterocycles. The molecule has 0 amide bonds. The van der Waals surface area contributed by atoms with E-state index >= 15 is 0 Å². The number of nitrogens with one attached hydrogen (secondary N) is 2. The van der Waals surface area contributed by atoms with Gasteiger partial charge in [-0.15, -0.1) is 0 Å². The summed E-state index contributed by atoms with van der Waals surface area (Å²) in [5.74, 6) is 0.433. The van der Waals surface area contributed by atoms with Crippen molar-refractivity contribution in [1.82, 2.24) is 19.1 Å². The van der Waals surface area contributed by atoms with Gasteiger partial charge in [-0.3, -0.25) is 18.9 Å². The molecule has 0 aliphatic carbocycles. The van der Waals surface area contributed by atoms with Crippen molar-refractivity contribution in [3.8, 4) is 0 Å². The van der Waals surface area contributed by atoms with Gasteiger partial charge in [0.25, 0.3) is 5.56 Å². The molecule has 8 heteroatoms. The fourth-order valence-electron chi connectivity index (χ4n) is 2.64. The van der Waals surface area contributed by atoms with E-state index in [1.54, 1.807) is 18.5 Å². The molecule has 2 aromatic heterocycles.